The molecule has 21 heavy (non-hydrogen) atoms. The van der Waals surface area contributed by atoms with Crippen molar-refractivity contribution in [1.29, 1.82) is 0 Å². The van der Waals surface area contributed by atoms with E-state index in [-0.39, 0.29) is 17.2 Å². The number of carboxylic acid groups (broad SMARTS) is 1. The topological polar surface area (TPSA) is 66.4 Å². The third-order valence-corrected chi connectivity index (χ3v) is 4.05. The Morgan fingerprint density at radius 1 is 1.14 bits per heavy atom. The van der Waals surface area contributed by atoms with Crippen molar-refractivity contribution in [2.75, 3.05) is 11.6 Å². The van der Waals surface area contributed by atoms with Crippen LogP contribution in [0.15, 0.2) is 51.8 Å². The standard InChI is InChI=1S/C15H12BrNO3S/c1-21-11-5-2-9(3-6-11)14(18)17-13-7-4-10(16)8-12(13)15(19)20/h2-8H,1H3,(H,17,18)(H,19,20). The monoisotopic (exact) mass is 365 g/mol. The summed E-state index contributed by atoms with van der Waals surface area (Å²) >= 11 is 4.80. The minimum atomic E-state index is -1.09. The Labute approximate surface area is 134 Å². The number of carbonyl (C=O) groups is 2. The van der Waals surface area contributed by atoms with Gasteiger partial charge in [0.2, 0.25) is 0 Å². The van der Waals surface area contributed by atoms with Crippen LogP contribution >= 0.6 is 27.7 Å². The lowest BCUT2D eigenvalue weighted by atomic mass is 10.1. The predicted octanol–water partition coefficient (Wildman–Crippen LogP) is 4.12. The first-order valence-electron chi connectivity index (χ1n) is 5.99. The van der Waals surface area contributed by atoms with Crippen molar-refractivity contribution in [2.45, 2.75) is 4.90 Å². The summed E-state index contributed by atoms with van der Waals surface area (Å²) in [6.07, 6.45) is 1.95. The van der Waals surface area contributed by atoms with Crippen molar-refractivity contribution >= 4 is 45.3 Å². The van der Waals surface area contributed by atoms with Crippen molar-refractivity contribution in [3.63, 3.8) is 0 Å². The number of aromatic carboxylic acids is 1. The highest BCUT2D eigenvalue weighted by atomic mass is 79.9. The number of halogens is 1. The van der Waals surface area contributed by atoms with E-state index in [9.17, 15) is 9.59 Å². The molecule has 2 rings (SSSR count). The van der Waals surface area contributed by atoms with Crippen molar-refractivity contribution < 1.29 is 14.7 Å². The molecule has 0 aliphatic carbocycles. The molecule has 2 aromatic carbocycles. The maximum absolute atomic E-state index is 12.2. The number of benzene rings is 2. The fraction of sp³-hybridized carbons (Fsp3) is 0.0667. The summed E-state index contributed by atoms with van der Waals surface area (Å²) < 4.78 is 0.641. The highest BCUT2D eigenvalue weighted by Crippen LogP contribution is 2.22. The molecule has 0 aliphatic heterocycles. The summed E-state index contributed by atoms with van der Waals surface area (Å²) in [5, 5.41) is 11.8. The molecule has 0 saturated heterocycles. The Hall–Kier alpha value is -1.79. The quantitative estimate of drug-likeness (QED) is 0.799. The highest BCUT2D eigenvalue weighted by molar-refractivity contribution is 9.10. The maximum atomic E-state index is 12.2. The van der Waals surface area contributed by atoms with Crippen LogP contribution in [0.4, 0.5) is 5.69 Å². The fourth-order valence-corrected chi connectivity index (χ4v) is 2.51. The minimum absolute atomic E-state index is 0.0402. The van der Waals surface area contributed by atoms with E-state index < -0.39 is 5.97 Å². The van der Waals surface area contributed by atoms with Crippen LogP contribution in [0.2, 0.25) is 0 Å². The van der Waals surface area contributed by atoms with Gasteiger partial charge >= 0.3 is 5.97 Å². The predicted molar refractivity (Wildman–Crippen MR) is 87.3 cm³/mol. The normalized spacial score (nSPS) is 10.2. The minimum Gasteiger partial charge on any atom is -0.478 e. The Kier molecular flexibility index (Phi) is 5.03. The maximum Gasteiger partial charge on any atom is 0.337 e. The first-order valence-corrected chi connectivity index (χ1v) is 8.01. The number of rotatable bonds is 4. The number of amides is 1. The van der Waals surface area contributed by atoms with Crippen LogP contribution in [0.5, 0.6) is 0 Å². The van der Waals surface area contributed by atoms with Crippen LogP contribution in [0.1, 0.15) is 20.7 Å². The van der Waals surface area contributed by atoms with E-state index in [4.69, 9.17) is 5.11 Å². The number of nitrogens with one attached hydrogen (secondary N) is 1. The van der Waals surface area contributed by atoms with E-state index in [2.05, 4.69) is 21.2 Å². The smallest absolute Gasteiger partial charge is 0.337 e. The zero-order chi connectivity index (χ0) is 15.4. The molecule has 2 N–H and O–H groups in total. The molecule has 2 aromatic rings. The molecular formula is C15H12BrNO3S. The summed E-state index contributed by atoms with van der Waals surface area (Å²) in [5.74, 6) is -1.43. The Bertz CT molecular complexity index is 686. The zero-order valence-corrected chi connectivity index (χ0v) is 13.5. The largest absolute Gasteiger partial charge is 0.478 e. The first kappa shape index (κ1) is 15.6. The van der Waals surface area contributed by atoms with Gasteiger partial charge < -0.3 is 10.4 Å². The van der Waals surface area contributed by atoms with E-state index in [1.54, 1.807) is 36.0 Å². The molecule has 6 heteroatoms. The number of hydrogen-bond donors (Lipinski definition) is 2. The second kappa shape index (κ2) is 6.78. The number of anilines is 1. The Morgan fingerprint density at radius 3 is 2.38 bits per heavy atom. The lowest BCUT2D eigenvalue weighted by Crippen LogP contribution is -2.14. The van der Waals surface area contributed by atoms with Gasteiger partial charge in [0.15, 0.2) is 0 Å². The van der Waals surface area contributed by atoms with E-state index in [1.807, 2.05) is 18.4 Å². The lowest BCUT2D eigenvalue weighted by Gasteiger charge is -2.09. The molecule has 0 heterocycles. The van der Waals surface area contributed by atoms with Gasteiger partial charge in [-0.05, 0) is 48.7 Å². The summed E-state index contributed by atoms with van der Waals surface area (Å²) in [6, 6.07) is 11.8. The van der Waals surface area contributed by atoms with Gasteiger partial charge in [0.05, 0.1) is 11.3 Å². The number of carbonyl (C=O) groups excluding carboxylic acids is 1. The molecule has 0 unspecified atom stereocenters. The SMILES string of the molecule is CSc1ccc(C(=O)Nc2ccc(Br)cc2C(=O)O)cc1. The second-order valence-corrected chi connectivity index (χ2v) is 5.97. The van der Waals surface area contributed by atoms with E-state index in [0.717, 1.165) is 4.90 Å². The third-order valence-electron chi connectivity index (χ3n) is 2.81. The molecule has 0 fully saturated rings. The lowest BCUT2D eigenvalue weighted by molar-refractivity contribution is 0.0698. The van der Waals surface area contributed by atoms with Crippen LogP contribution in [-0.2, 0) is 0 Å². The van der Waals surface area contributed by atoms with E-state index in [0.29, 0.717) is 10.0 Å². The van der Waals surface area contributed by atoms with Gasteiger partial charge in [-0.3, -0.25) is 4.79 Å². The second-order valence-electron chi connectivity index (χ2n) is 4.18. The number of thioether (sulfide) groups is 1. The van der Waals surface area contributed by atoms with Crippen LogP contribution in [0.25, 0.3) is 0 Å². The van der Waals surface area contributed by atoms with Crippen LogP contribution < -0.4 is 5.32 Å². The molecule has 0 saturated carbocycles. The van der Waals surface area contributed by atoms with E-state index >= 15 is 0 Å². The molecule has 0 aliphatic rings. The van der Waals surface area contributed by atoms with Crippen molar-refractivity contribution in [2.24, 2.45) is 0 Å². The molecule has 0 aromatic heterocycles. The average Bonchev–Trinajstić information content (AvgIpc) is 2.49. The van der Waals surface area contributed by atoms with Crippen LogP contribution in [0, 0.1) is 0 Å². The molecule has 108 valence electrons. The van der Waals surface area contributed by atoms with Crippen LogP contribution in [0.3, 0.4) is 0 Å². The molecule has 0 bridgehead atoms. The average molecular weight is 366 g/mol. The van der Waals surface area contributed by atoms with Gasteiger partial charge in [-0.15, -0.1) is 11.8 Å². The van der Waals surface area contributed by atoms with Crippen LogP contribution in [-0.4, -0.2) is 23.2 Å². The molecule has 4 nitrogen and oxygen atoms in total. The van der Waals surface area contributed by atoms with Crippen molar-refractivity contribution in [1.82, 2.24) is 0 Å². The van der Waals surface area contributed by atoms with Crippen molar-refractivity contribution in [3.05, 3.63) is 58.1 Å². The highest BCUT2D eigenvalue weighted by Gasteiger charge is 2.14. The van der Waals surface area contributed by atoms with E-state index in [1.165, 1.54) is 6.07 Å². The summed E-state index contributed by atoms with van der Waals surface area (Å²) in [6.45, 7) is 0. The number of hydrogen-bond acceptors (Lipinski definition) is 3. The fourth-order valence-electron chi connectivity index (χ4n) is 1.74. The van der Waals surface area contributed by atoms with Gasteiger partial charge in [-0.1, -0.05) is 15.9 Å². The van der Waals surface area contributed by atoms with Gasteiger partial charge in [-0.2, -0.15) is 0 Å². The number of carboxylic acids is 1. The Morgan fingerprint density at radius 2 is 1.81 bits per heavy atom. The van der Waals surface area contributed by atoms with Gasteiger partial charge in [0, 0.05) is 14.9 Å². The van der Waals surface area contributed by atoms with Gasteiger partial charge in [0.25, 0.3) is 5.91 Å². The summed E-state index contributed by atoms with van der Waals surface area (Å²) in [5.41, 5.74) is 0.787. The van der Waals surface area contributed by atoms with Gasteiger partial charge in [-0.25, -0.2) is 4.79 Å². The first-order chi connectivity index (χ1) is 10.0. The van der Waals surface area contributed by atoms with Crippen molar-refractivity contribution in [3.8, 4) is 0 Å². The third kappa shape index (κ3) is 3.86. The summed E-state index contributed by atoms with van der Waals surface area (Å²) in [4.78, 5) is 24.4. The Balaban J connectivity index is 2.24. The summed E-state index contributed by atoms with van der Waals surface area (Å²) in [7, 11) is 0. The molecule has 0 radical (unpaired) electrons. The zero-order valence-electron chi connectivity index (χ0n) is 11.1. The molecule has 0 spiro atoms. The van der Waals surface area contributed by atoms with Gasteiger partial charge in [0.1, 0.15) is 0 Å². The molecule has 0 atom stereocenters. The molecule has 1 amide bonds. The molecular weight excluding hydrogens is 354 g/mol.